The lowest BCUT2D eigenvalue weighted by atomic mass is 10.2. The first-order valence-electron chi connectivity index (χ1n) is 3.93. The lowest BCUT2D eigenvalue weighted by molar-refractivity contribution is 0.415. The fourth-order valence-electron chi connectivity index (χ4n) is 1.24. The first-order valence-corrected chi connectivity index (χ1v) is 4.31. The van der Waals surface area contributed by atoms with Crippen molar-refractivity contribution >= 4 is 34.9 Å². The predicted molar refractivity (Wildman–Crippen MR) is 61.2 cm³/mol. The highest BCUT2D eigenvalue weighted by atomic mass is 35.5. The maximum atomic E-state index is 11.3. The number of aromatic nitrogens is 2. The molecule has 0 saturated heterocycles. The number of hydrogen-bond acceptors (Lipinski definition) is 3. The molecular weight excluding hydrogens is 239 g/mol. The lowest BCUT2D eigenvalue weighted by Crippen LogP contribution is -2.03. The van der Waals surface area contributed by atoms with Crippen LogP contribution in [0.15, 0.2) is 23.1 Å². The number of ether oxygens (including phenoxy) is 1. The fraction of sp³-hybridized carbons (Fsp3) is 0.111. The highest BCUT2D eigenvalue weighted by Gasteiger charge is 2.05. The smallest absolute Gasteiger partial charge is 0.207 e. The minimum atomic E-state index is -0.164. The van der Waals surface area contributed by atoms with Gasteiger partial charge in [-0.05, 0) is 6.07 Å². The maximum Gasteiger partial charge on any atom is 0.207 e. The molecule has 0 unspecified atom stereocenters. The van der Waals surface area contributed by atoms with Gasteiger partial charge in [-0.1, -0.05) is 11.6 Å². The van der Waals surface area contributed by atoms with Gasteiger partial charge in [-0.2, -0.15) is 5.10 Å². The molecule has 0 aliphatic rings. The van der Waals surface area contributed by atoms with Crippen molar-refractivity contribution < 1.29 is 4.74 Å². The van der Waals surface area contributed by atoms with E-state index in [0.29, 0.717) is 21.7 Å². The van der Waals surface area contributed by atoms with Gasteiger partial charge < -0.3 is 4.74 Å². The number of nitrogens with one attached hydrogen (secondary N) is 1. The minimum Gasteiger partial charge on any atom is -0.495 e. The molecule has 0 aliphatic carbocycles. The standard InChI is InChI=1S/C9H7ClN2O2.ClH/c1-14-9-3-7-5(2-6(9)10)8(13)4-11-12-7;/h2-4H,1H3,(H,12,13);1H. The second-order valence-electron chi connectivity index (χ2n) is 2.77. The molecule has 0 aliphatic heterocycles. The van der Waals surface area contributed by atoms with Gasteiger partial charge in [0.1, 0.15) is 5.75 Å². The number of benzene rings is 1. The Balaban J connectivity index is 0.00000112. The summed E-state index contributed by atoms with van der Waals surface area (Å²) in [4.78, 5) is 11.3. The van der Waals surface area contributed by atoms with Crippen LogP contribution in [-0.4, -0.2) is 17.3 Å². The van der Waals surface area contributed by atoms with Gasteiger partial charge in [0.2, 0.25) is 5.43 Å². The molecule has 0 bridgehead atoms. The van der Waals surface area contributed by atoms with Crippen LogP contribution in [0.4, 0.5) is 0 Å². The molecule has 0 radical (unpaired) electrons. The molecule has 1 aromatic carbocycles. The molecule has 15 heavy (non-hydrogen) atoms. The Morgan fingerprint density at radius 2 is 2.20 bits per heavy atom. The van der Waals surface area contributed by atoms with Crippen LogP contribution in [0.25, 0.3) is 10.9 Å². The predicted octanol–water partition coefficient (Wildman–Crippen LogP) is 2.01. The number of methoxy groups -OCH3 is 1. The molecule has 0 amide bonds. The summed E-state index contributed by atoms with van der Waals surface area (Å²) < 4.78 is 5.01. The minimum absolute atomic E-state index is 0. The Labute approximate surface area is 96.6 Å². The Morgan fingerprint density at radius 1 is 1.47 bits per heavy atom. The first kappa shape index (κ1) is 11.8. The van der Waals surface area contributed by atoms with Crippen molar-refractivity contribution in [2.75, 3.05) is 7.11 Å². The molecule has 1 N–H and O–H groups in total. The molecule has 2 rings (SSSR count). The van der Waals surface area contributed by atoms with Gasteiger partial charge in [-0.15, -0.1) is 12.4 Å². The summed E-state index contributed by atoms with van der Waals surface area (Å²) in [5.41, 5.74) is 0.446. The SMILES string of the molecule is COc1cc2[nH]ncc(=O)c2cc1Cl.Cl. The molecule has 0 spiro atoms. The highest BCUT2D eigenvalue weighted by molar-refractivity contribution is 6.32. The van der Waals surface area contributed by atoms with Crippen LogP contribution in [0.3, 0.4) is 0 Å². The van der Waals surface area contributed by atoms with E-state index in [1.54, 1.807) is 12.1 Å². The number of H-pyrrole nitrogens is 1. The van der Waals surface area contributed by atoms with Crippen molar-refractivity contribution in [2.24, 2.45) is 0 Å². The quantitative estimate of drug-likeness (QED) is 0.838. The average Bonchev–Trinajstić information content (AvgIpc) is 2.19. The second-order valence-corrected chi connectivity index (χ2v) is 3.17. The Kier molecular flexibility index (Phi) is 3.55. The fourth-order valence-corrected chi connectivity index (χ4v) is 1.48. The molecule has 2 aromatic rings. The van der Waals surface area contributed by atoms with Crippen LogP contribution >= 0.6 is 24.0 Å². The topological polar surface area (TPSA) is 55.0 Å². The van der Waals surface area contributed by atoms with Crippen molar-refractivity contribution in [3.05, 3.63) is 33.6 Å². The van der Waals surface area contributed by atoms with Crippen molar-refractivity contribution in [3.63, 3.8) is 0 Å². The summed E-state index contributed by atoms with van der Waals surface area (Å²) in [6.07, 6.45) is 1.21. The van der Waals surface area contributed by atoms with Crippen LogP contribution in [0, 0.1) is 0 Å². The molecule has 6 heteroatoms. The summed E-state index contributed by atoms with van der Waals surface area (Å²) in [5, 5.41) is 7.31. The van der Waals surface area contributed by atoms with Gasteiger partial charge in [-0.3, -0.25) is 9.89 Å². The first-order chi connectivity index (χ1) is 6.72. The average molecular weight is 247 g/mol. The van der Waals surface area contributed by atoms with Crippen LogP contribution in [0.2, 0.25) is 5.02 Å². The van der Waals surface area contributed by atoms with Gasteiger partial charge in [0.25, 0.3) is 0 Å². The normalized spacial score (nSPS) is 9.73. The number of halogens is 2. The number of hydrogen-bond donors (Lipinski definition) is 1. The highest BCUT2D eigenvalue weighted by Crippen LogP contribution is 2.26. The summed E-state index contributed by atoms with van der Waals surface area (Å²) in [5.74, 6) is 0.516. The zero-order valence-corrected chi connectivity index (χ0v) is 9.35. The molecule has 1 aromatic heterocycles. The van der Waals surface area contributed by atoms with E-state index in [1.807, 2.05) is 0 Å². The Hall–Kier alpha value is -1.26. The third-order valence-electron chi connectivity index (χ3n) is 1.92. The van der Waals surface area contributed by atoms with Crippen LogP contribution < -0.4 is 10.2 Å². The van der Waals surface area contributed by atoms with E-state index < -0.39 is 0 Å². The third kappa shape index (κ3) is 2.06. The van der Waals surface area contributed by atoms with Gasteiger partial charge in [0, 0.05) is 6.07 Å². The summed E-state index contributed by atoms with van der Waals surface area (Å²) in [6, 6.07) is 3.21. The number of aromatic amines is 1. The van der Waals surface area contributed by atoms with E-state index in [4.69, 9.17) is 16.3 Å². The molecular formula is C9H8Cl2N2O2. The van der Waals surface area contributed by atoms with Crippen molar-refractivity contribution in [1.29, 1.82) is 0 Å². The lowest BCUT2D eigenvalue weighted by Gasteiger charge is -2.03. The van der Waals surface area contributed by atoms with Gasteiger partial charge in [0.15, 0.2) is 0 Å². The van der Waals surface area contributed by atoms with E-state index in [0.717, 1.165) is 0 Å². The van der Waals surface area contributed by atoms with Crippen molar-refractivity contribution in [1.82, 2.24) is 10.2 Å². The van der Waals surface area contributed by atoms with E-state index in [1.165, 1.54) is 13.3 Å². The summed E-state index contributed by atoms with van der Waals surface area (Å²) >= 11 is 5.88. The van der Waals surface area contributed by atoms with Crippen molar-refractivity contribution in [2.45, 2.75) is 0 Å². The zero-order chi connectivity index (χ0) is 10.1. The van der Waals surface area contributed by atoms with Crippen LogP contribution in [0.1, 0.15) is 0 Å². The summed E-state index contributed by atoms with van der Waals surface area (Å²) in [6.45, 7) is 0. The van der Waals surface area contributed by atoms with E-state index in [2.05, 4.69) is 10.2 Å². The van der Waals surface area contributed by atoms with E-state index in [9.17, 15) is 4.79 Å². The Bertz CT molecular complexity index is 539. The number of fused-ring (bicyclic) bond motifs is 1. The van der Waals surface area contributed by atoms with Gasteiger partial charge in [-0.25, -0.2) is 0 Å². The summed E-state index contributed by atoms with van der Waals surface area (Å²) in [7, 11) is 1.52. The molecule has 4 nitrogen and oxygen atoms in total. The molecule has 1 heterocycles. The molecule has 80 valence electrons. The monoisotopic (exact) mass is 246 g/mol. The third-order valence-corrected chi connectivity index (χ3v) is 2.22. The van der Waals surface area contributed by atoms with Crippen molar-refractivity contribution in [3.8, 4) is 5.75 Å². The molecule has 0 fully saturated rings. The van der Waals surface area contributed by atoms with E-state index >= 15 is 0 Å². The van der Waals surface area contributed by atoms with Crippen LogP contribution in [-0.2, 0) is 0 Å². The Morgan fingerprint density at radius 3 is 2.87 bits per heavy atom. The number of nitrogens with zero attached hydrogens (tertiary/aromatic N) is 1. The molecule has 0 atom stereocenters. The van der Waals surface area contributed by atoms with Crippen LogP contribution in [0.5, 0.6) is 5.75 Å². The number of rotatable bonds is 1. The maximum absolute atomic E-state index is 11.3. The second kappa shape index (κ2) is 4.51. The van der Waals surface area contributed by atoms with E-state index in [-0.39, 0.29) is 17.8 Å². The zero-order valence-electron chi connectivity index (χ0n) is 7.78. The van der Waals surface area contributed by atoms with Gasteiger partial charge in [0.05, 0.1) is 29.2 Å². The van der Waals surface area contributed by atoms with Gasteiger partial charge >= 0.3 is 0 Å². The largest absolute Gasteiger partial charge is 0.495 e. The molecule has 0 saturated carbocycles.